The average molecular weight is 400 g/mol. The number of nitro benzene ring substituents is 1. The highest BCUT2D eigenvalue weighted by atomic mass is 79.9. The number of rotatable bonds is 5. The number of nitro groups is 1. The lowest BCUT2D eigenvalue weighted by atomic mass is 10.1. The third-order valence-corrected chi connectivity index (χ3v) is 3.95. The minimum absolute atomic E-state index is 0.0657. The van der Waals surface area contributed by atoms with Crippen LogP contribution in [0.4, 0.5) is 5.69 Å². The lowest BCUT2D eigenvalue weighted by Gasteiger charge is -2.09. The maximum atomic E-state index is 12.3. The van der Waals surface area contributed by atoms with Crippen LogP contribution in [-0.4, -0.2) is 17.9 Å². The molecular formula is C15H12BrClN2O4. The Morgan fingerprint density at radius 1 is 1.35 bits per heavy atom. The van der Waals surface area contributed by atoms with Crippen molar-refractivity contribution in [1.82, 2.24) is 5.32 Å². The van der Waals surface area contributed by atoms with Gasteiger partial charge in [-0.25, -0.2) is 0 Å². The van der Waals surface area contributed by atoms with Gasteiger partial charge in [0, 0.05) is 23.7 Å². The van der Waals surface area contributed by atoms with Gasteiger partial charge in [0.15, 0.2) is 0 Å². The van der Waals surface area contributed by atoms with Crippen LogP contribution in [0.25, 0.3) is 0 Å². The first-order valence-corrected chi connectivity index (χ1v) is 7.64. The van der Waals surface area contributed by atoms with Gasteiger partial charge >= 0.3 is 0 Å². The second-order valence-electron chi connectivity index (χ2n) is 4.57. The zero-order valence-electron chi connectivity index (χ0n) is 12.0. The minimum atomic E-state index is -0.610. The SMILES string of the molecule is COc1cc(C(=O)NCc2ccc(Cl)cc2)c([N+](=O)[O-])cc1Br. The Bertz CT molecular complexity index is 750. The quantitative estimate of drug-likeness (QED) is 0.610. The molecule has 0 aliphatic heterocycles. The number of hydrogen-bond donors (Lipinski definition) is 1. The van der Waals surface area contributed by atoms with E-state index < -0.39 is 10.8 Å². The van der Waals surface area contributed by atoms with Crippen molar-refractivity contribution in [3.05, 3.63) is 67.1 Å². The largest absolute Gasteiger partial charge is 0.496 e. The van der Waals surface area contributed by atoms with Gasteiger partial charge in [-0.05, 0) is 33.6 Å². The molecule has 0 atom stereocenters. The van der Waals surface area contributed by atoms with Gasteiger partial charge in [-0.2, -0.15) is 0 Å². The molecule has 0 saturated heterocycles. The molecule has 0 heterocycles. The van der Waals surface area contributed by atoms with Crippen molar-refractivity contribution in [2.45, 2.75) is 6.54 Å². The van der Waals surface area contributed by atoms with Crippen molar-refractivity contribution >= 4 is 39.1 Å². The molecule has 0 saturated carbocycles. The van der Waals surface area contributed by atoms with Gasteiger partial charge in [0.2, 0.25) is 0 Å². The average Bonchev–Trinajstić information content (AvgIpc) is 2.53. The Labute approximate surface area is 145 Å². The molecule has 0 fully saturated rings. The number of ether oxygens (including phenoxy) is 1. The molecule has 0 spiro atoms. The summed E-state index contributed by atoms with van der Waals surface area (Å²) in [6.07, 6.45) is 0. The normalized spacial score (nSPS) is 10.2. The van der Waals surface area contributed by atoms with Crippen LogP contribution in [0.15, 0.2) is 40.9 Å². The maximum absolute atomic E-state index is 12.3. The minimum Gasteiger partial charge on any atom is -0.496 e. The number of amides is 1. The summed E-state index contributed by atoms with van der Waals surface area (Å²) in [4.78, 5) is 22.8. The van der Waals surface area contributed by atoms with Gasteiger partial charge < -0.3 is 10.1 Å². The number of halogens is 2. The molecule has 0 aromatic heterocycles. The summed E-state index contributed by atoms with van der Waals surface area (Å²) in [5.41, 5.74) is 0.463. The molecule has 0 radical (unpaired) electrons. The summed E-state index contributed by atoms with van der Waals surface area (Å²) < 4.78 is 5.49. The van der Waals surface area contributed by atoms with Gasteiger partial charge in [-0.1, -0.05) is 23.7 Å². The zero-order chi connectivity index (χ0) is 17.0. The molecule has 23 heavy (non-hydrogen) atoms. The molecule has 0 aliphatic carbocycles. The van der Waals surface area contributed by atoms with E-state index in [1.165, 1.54) is 19.2 Å². The molecule has 1 amide bonds. The molecule has 2 aromatic carbocycles. The maximum Gasteiger partial charge on any atom is 0.283 e. The van der Waals surface area contributed by atoms with Crippen molar-refractivity contribution in [1.29, 1.82) is 0 Å². The van der Waals surface area contributed by atoms with Gasteiger partial charge in [0.05, 0.1) is 16.5 Å². The Morgan fingerprint density at radius 3 is 2.57 bits per heavy atom. The van der Waals surface area contributed by atoms with Crippen LogP contribution in [-0.2, 0) is 6.54 Å². The van der Waals surface area contributed by atoms with E-state index in [1.54, 1.807) is 24.3 Å². The molecule has 2 aromatic rings. The van der Waals surface area contributed by atoms with Gasteiger partial charge in [-0.15, -0.1) is 0 Å². The van der Waals surface area contributed by atoms with E-state index in [9.17, 15) is 14.9 Å². The summed E-state index contributed by atoms with van der Waals surface area (Å²) >= 11 is 8.96. The van der Waals surface area contributed by atoms with E-state index in [-0.39, 0.29) is 17.8 Å². The van der Waals surface area contributed by atoms with E-state index in [1.807, 2.05) is 0 Å². The fourth-order valence-corrected chi connectivity index (χ4v) is 2.53. The second kappa shape index (κ2) is 7.43. The Hall–Kier alpha value is -2.12. The Kier molecular flexibility index (Phi) is 5.57. The van der Waals surface area contributed by atoms with Gasteiger partial charge in [0.1, 0.15) is 11.3 Å². The summed E-state index contributed by atoms with van der Waals surface area (Å²) in [5, 5.41) is 14.4. The Balaban J connectivity index is 2.23. The third kappa shape index (κ3) is 4.20. The lowest BCUT2D eigenvalue weighted by Crippen LogP contribution is -2.23. The zero-order valence-corrected chi connectivity index (χ0v) is 14.3. The molecule has 8 heteroatoms. The number of carbonyl (C=O) groups excluding carboxylic acids is 1. The summed E-state index contributed by atoms with van der Waals surface area (Å²) in [5.74, 6) is -0.218. The number of nitrogens with zero attached hydrogens (tertiary/aromatic N) is 1. The fourth-order valence-electron chi connectivity index (χ4n) is 1.91. The molecule has 6 nitrogen and oxygen atoms in total. The first-order valence-electron chi connectivity index (χ1n) is 6.47. The first kappa shape index (κ1) is 17.2. The van der Waals surface area contributed by atoms with Crippen molar-refractivity contribution in [2.75, 3.05) is 7.11 Å². The third-order valence-electron chi connectivity index (χ3n) is 3.08. The molecule has 120 valence electrons. The summed E-state index contributed by atoms with van der Waals surface area (Å²) in [6, 6.07) is 9.51. The van der Waals surface area contributed by atoms with Crippen LogP contribution < -0.4 is 10.1 Å². The van der Waals surface area contributed by atoms with Crippen LogP contribution in [0.2, 0.25) is 5.02 Å². The van der Waals surface area contributed by atoms with E-state index in [2.05, 4.69) is 21.2 Å². The number of methoxy groups -OCH3 is 1. The van der Waals surface area contributed by atoms with Crippen molar-refractivity contribution in [2.24, 2.45) is 0 Å². The summed E-state index contributed by atoms with van der Waals surface area (Å²) in [7, 11) is 1.42. The van der Waals surface area contributed by atoms with Crippen molar-refractivity contribution in [3.63, 3.8) is 0 Å². The van der Waals surface area contributed by atoms with Gasteiger partial charge in [0.25, 0.3) is 11.6 Å². The van der Waals surface area contributed by atoms with E-state index >= 15 is 0 Å². The van der Waals surface area contributed by atoms with E-state index in [0.717, 1.165) is 5.56 Å². The fraction of sp³-hybridized carbons (Fsp3) is 0.133. The molecule has 2 rings (SSSR count). The van der Waals surface area contributed by atoms with Crippen LogP contribution in [0, 0.1) is 10.1 Å². The van der Waals surface area contributed by atoms with E-state index in [4.69, 9.17) is 16.3 Å². The van der Waals surface area contributed by atoms with Gasteiger partial charge in [-0.3, -0.25) is 14.9 Å². The number of carbonyl (C=O) groups is 1. The molecular weight excluding hydrogens is 388 g/mol. The van der Waals surface area contributed by atoms with Crippen molar-refractivity contribution in [3.8, 4) is 5.75 Å². The molecule has 0 unspecified atom stereocenters. The van der Waals surface area contributed by atoms with Crippen LogP contribution >= 0.6 is 27.5 Å². The molecule has 1 N–H and O–H groups in total. The highest BCUT2D eigenvalue weighted by Gasteiger charge is 2.23. The van der Waals surface area contributed by atoms with Crippen LogP contribution in [0.3, 0.4) is 0 Å². The predicted molar refractivity (Wildman–Crippen MR) is 90.0 cm³/mol. The number of hydrogen-bond acceptors (Lipinski definition) is 4. The van der Waals surface area contributed by atoms with Crippen molar-refractivity contribution < 1.29 is 14.5 Å². The Morgan fingerprint density at radius 2 is 2.00 bits per heavy atom. The standard InChI is InChI=1S/C15H12BrClN2O4/c1-23-14-6-11(13(19(21)22)7-12(14)16)15(20)18-8-9-2-4-10(17)5-3-9/h2-7H,8H2,1H3,(H,18,20). The van der Waals surface area contributed by atoms with Crippen LogP contribution in [0.5, 0.6) is 5.75 Å². The van der Waals surface area contributed by atoms with Crippen LogP contribution in [0.1, 0.15) is 15.9 Å². The highest BCUT2D eigenvalue weighted by molar-refractivity contribution is 9.10. The first-order chi connectivity index (χ1) is 10.9. The highest BCUT2D eigenvalue weighted by Crippen LogP contribution is 2.32. The summed E-state index contributed by atoms with van der Waals surface area (Å²) in [6.45, 7) is 0.228. The lowest BCUT2D eigenvalue weighted by molar-refractivity contribution is -0.385. The molecule has 0 bridgehead atoms. The van der Waals surface area contributed by atoms with E-state index in [0.29, 0.717) is 15.2 Å². The predicted octanol–water partition coefficient (Wildman–Crippen LogP) is 3.95. The smallest absolute Gasteiger partial charge is 0.283 e. The topological polar surface area (TPSA) is 81.5 Å². The number of nitrogens with one attached hydrogen (secondary N) is 1. The number of benzene rings is 2. The second-order valence-corrected chi connectivity index (χ2v) is 5.86. The molecule has 0 aliphatic rings. The monoisotopic (exact) mass is 398 g/mol.